The molecular formula is C20H18N4O4. The van der Waals surface area contributed by atoms with Crippen molar-refractivity contribution in [2.75, 3.05) is 18.5 Å². The highest BCUT2D eigenvalue weighted by molar-refractivity contribution is 6.11. The number of hydrogen-bond donors (Lipinski definition) is 1. The zero-order valence-corrected chi connectivity index (χ0v) is 15.4. The number of urea groups is 1. The van der Waals surface area contributed by atoms with Gasteiger partial charge in [-0.1, -0.05) is 35.9 Å². The van der Waals surface area contributed by atoms with E-state index in [2.05, 4.69) is 5.32 Å². The quantitative estimate of drug-likeness (QED) is 0.656. The van der Waals surface area contributed by atoms with Crippen molar-refractivity contribution in [1.29, 1.82) is 0 Å². The third kappa shape index (κ3) is 2.79. The molecule has 0 radical (unpaired) electrons. The molecule has 2 aromatic carbocycles. The number of non-ortho nitro benzene ring substituents is 1. The highest BCUT2D eigenvalue weighted by Crippen LogP contribution is 2.38. The molecule has 0 saturated heterocycles. The topological polar surface area (TPSA) is 95.8 Å². The van der Waals surface area contributed by atoms with E-state index >= 15 is 0 Å². The number of nitro groups is 1. The summed E-state index contributed by atoms with van der Waals surface area (Å²) in [4.78, 5) is 39.2. The molecule has 0 aliphatic carbocycles. The van der Waals surface area contributed by atoms with Crippen LogP contribution in [-0.2, 0) is 4.79 Å². The molecule has 0 unspecified atom stereocenters. The van der Waals surface area contributed by atoms with Gasteiger partial charge in [-0.2, -0.15) is 0 Å². The number of aryl methyl sites for hydroxylation is 1. The van der Waals surface area contributed by atoms with Gasteiger partial charge in [0.1, 0.15) is 0 Å². The van der Waals surface area contributed by atoms with Crippen molar-refractivity contribution in [3.63, 3.8) is 0 Å². The van der Waals surface area contributed by atoms with Crippen LogP contribution < -0.4 is 10.2 Å². The Morgan fingerprint density at radius 1 is 1.14 bits per heavy atom. The minimum atomic E-state index is -0.560. The third-order valence-corrected chi connectivity index (χ3v) is 5.12. The van der Waals surface area contributed by atoms with Crippen LogP contribution in [0.15, 0.2) is 59.8 Å². The molecular weight excluding hydrogens is 360 g/mol. The number of benzene rings is 2. The molecule has 142 valence electrons. The number of likely N-dealkylation sites (N-methyl/N-ethyl adjacent to an activating group) is 1. The van der Waals surface area contributed by atoms with Crippen LogP contribution in [0.2, 0.25) is 0 Å². The van der Waals surface area contributed by atoms with Crippen LogP contribution in [0.3, 0.4) is 0 Å². The summed E-state index contributed by atoms with van der Waals surface area (Å²) < 4.78 is 0. The molecule has 8 nitrogen and oxygen atoms in total. The molecule has 1 N–H and O–H groups in total. The molecule has 3 amide bonds. The van der Waals surface area contributed by atoms with Crippen molar-refractivity contribution >= 4 is 23.3 Å². The number of nitrogens with zero attached hydrogens (tertiary/aromatic N) is 3. The van der Waals surface area contributed by atoms with Gasteiger partial charge >= 0.3 is 6.03 Å². The summed E-state index contributed by atoms with van der Waals surface area (Å²) in [5.41, 5.74) is 3.31. The van der Waals surface area contributed by atoms with Crippen LogP contribution in [0.1, 0.15) is 17.2 Å². The number of hydrogen-bond acceptors (Lipinski definition) is 4. The minimum absolute atomic E-state index is 0.0900. The van der Waals surface area contributed by atoms with Crippen molar-refractivity contribution in [2.45, 2.75) is 13.0 Å². The number of anilines is 1. The normalized spacial score (nSPS) is 19.0. The molecule has 0 fully saturated rings. The maximum Gasteiger partial charge on any atom is 0.322 e. The fraction of sp³-hybridized carbons (Fsp3) is 0.200. The molecule has 0 spiro atoms. The molecule has 4 rings (SSSR count). The molecule has 0 saturated carbocycles. The van der Waals surface area contributed by atoms with E-state index in [1.54, 1.807) is 19.2 Å². The molecule has 8 heteroatoms. The molecule has 2 aromatic rings. The van der Waals surface area contributed by atoms with E-state index in [0.717, 1.165) is 11.1 Å². The van der Waals surface area contributed by atoms with Gasteiger partial charge in [-0.15, -0.1) is 0 Å². The second kappa shape index (κ2) is 6.49. The fourth-order valence-corrected chi connectivity index (χ4v) is 3.56. The van der Waals surface area contributed by atoms with Gasteiger partial charge in [0.05, 0.1) is 34.5 Å². The zero-order chi connectivity index (χ0) is 20.0. The van der Waals surface area contributed by atoms with E-state index < -0.39 is 11.0 Å². The molecule has 1 atom stereocenters. The second-order valence-corrected chi connectivity index (χ2v) is 6.88. The monoisotopic (exact) mass is 378 g/mol. The van der Waals surface area contributed by atoms with E-state index in [9.17, 15) is 19.7 Å². The Labute approximate surface area is 161 Å². The molecule has 2 heterocycles. The first kappa shape index (κ1) is 17.7. The largest absolute Gasteiger partial charge is 0.327 e. The lowest BCUT2D eigenvalue weighted by Crippen LogP contribution is -2.45. The molecule has 28 heavy (non-hydrogen) atoms. The van der Waals surface area contributed by atoms with Crippen molar-refractivity contribution in [1.82, 2.24) is 10.2 Å². The lowest BCUT2D eigenvalue weighted by atomic mass is 9.95. The molecule has 0 bridgehead atoms. The van der Waals surface area contributed by atoms with E-state index in [1.165, 1.54) is 21.9 Å². The Balaban J connectivity index is 1.75. The number of carbonyl (C=O) groups excluding carboxylic acids is 2. The first-order valence-corrected chi connectivity index (χ1v) is 8.77. The zero-order valence-electron chi connectivity index (χ0n) is 15.4. The Bertz CT molecular complexity index is 1030. The standard InChI is InChI=1S/C20H18N4O4/c1-12-6-8-13(9-7-12)18-17-16(22(2)20(26)21-18)11-23(19(17)25)14-4-3-5-15(10-14)24(27)28/h3-10,18H,11H2,1-2H3,(H,21,26)/t18-/m0/s1. The Kier molecular flexibility index (Phi) is 4.11. The van der Waals surface area contributed by atoms with Crippen LogP contribution in [0.4, 0.5) is 16.2 Å². The van der Waals surface area contributed by atoms with E-state index in [-0.39, 0.29) is 24.2 Å². The summed E-state index contributed by atoms with van der Waals surface area (Å²) >= 11 is 0. The lowest BCUT2D eigenvalue weighted by Gasteiger charge is -2.31. The number of nitro benzene ring substituents is 1. The summed E-state index contributed by atoms with van der Waals surface area (Å²) in [6.07, 6.45) is 0. The number of carbonyl (C=O) groups is 2. The Hall–Kier alpha value is -3.68. The van der Waals surface area contributed by atoms with Gasteiger partial charge in [-0.3, -0.25) is 19.8 Å². The average Bonchev–Trinajstić information content (AvgIpc) is 3.03. The lowest BCUT2D eigenvalue weighted by molar-refractivity contribution is -0.384. The number of rotatable bonds is 3. The average molecular weight is 378 g/mol. The van der Waals surface area contributed by atoms with Crippen LogP contribution in [-0.4, -0.2) is 35.4 Å². The molecule has 2 aliphatic rings. The van der Waals surface area contributed by atoms with E-state index in [1.807, 2.05) is 31.2 Å². The Morgan fingerprint density at radius 2 is 1.86 bits per heavy atom. The summed E-state index contributed by atoms with van der Waals surface area (Å²) in [7, 11) is 1.61. The second-order valence-electron chi connectivity index (χ2n) is 6.88. The first-order valence-electron chi connectivity index (χ1n) is 8.77. The summed E-state index contributed by atoms with van der Waals surface area (Å²) in [5, 5.41) is 14.0. The highest BCUT2D eigenvalue weighted by atomic mass is 16.6. The summed E-state index contributed by atoms with van der Waals surface area (Å²) in [6.45, 7) is 2.15. The maximum absolute atomic E-state index is 13.2. The first-order chi connectivity index (χ1) is 13.4. The maximum atomic E-state index is 13.2. The van der Waals surface area contributed by atoms with Crippen LogP contribution in [0.25, 0.3) is 0 Å². The van der Waals surface area contributed by atoms with E-state index in [0.29, 0.717) is 17.0 Å². The van der Waals surface area contributed by atoms with Gasteiger partial charge in [0.2, 0.25) is 0 Å². The van der Waals surface area contributed by atoms with Crippen molar-refractivity contribution in [2.24, 2.45) is 0 Å². The van der Waals surface area contributed by atoms with Crippen LogP contribution in [0, 0.1) is 17.0 Å². The van der Waals surface area contributed by atoms with Gasteiger partial charge in [0.25, 0.3) is 11.6 Å². The smallest absolute Gasteiger partial charge is 0.322 e. The van der Waals surface area contributed by atoms with Crippen molar-refractivity contribution in [3.05, 3.63) is 81.0 Å². The fourth-order valence-electron chi connectivity index (χ4n) is 3.56. The van der Waals surface area contributed by atoms with E-state index in [4.69, 9.17) is 0 Å². The SMILES string of the molecule is Cc1ccc([C@@H]2NC(=O)N(C)C3=C2C(=O)N(c2cccc([N+](=O)[O-])c2)C3)cc1. The van der Waals surface area contributed by atoms with Gasteiger partial charge in [-0.25, -0.2) is 4.79 Å². The predicted octanol–water partition coefficient (Wildman–Crippen LogP) is 2.90. The van der Waals surface area contributed by atoms with Crippen molar-refractivity contribution in [3.8, 4) is 0 Å². The summed E-state index contributed by atoms with van der Waals surface area (Å²) in [6, 6.07) is 12.7. The summed E-state index contributed by atoms with van der Waals surface area (Å²) in [5.74, 6) is -0.270. The number of amides is 3. The van der Waals surface area contributed by atoms with Gasteiger partial charge in [0, 0.05) is 19.2 Å². The third-order valence-electron chi connectivity index (χ3n) is 5.12. The van der Waals surface area contributed by atoms with Crippen LogP contribution in [0.5, 0.6) is 0 Å². The van der Waals surface area contributed by atoms with Gasteiger partial charge in [-0.05, 0) is 18.6 Å². The number of nitrogens with one attached hydrogen (secondary N) is 1. The predicted molar refractivity (Wildman–Crippen MR) is 103 cm³/mol. The van der Waals surface area contributed by atoms with Gasteiger partial charge in [0.15, 0.2) is 0 Å². The molecule has 2 aliphatic heterocycles. The Morgan fingerprint density at radius 3 is 2.54 bits per heavy atom. The van der Waals surface area contributed by atoms with Crippen molar-refractivity contribution < 1.29 is 14.5 Å². The van der Waals surface area contributed by atoms with Gasteiger partial charge < -0.3 is 10.2 Å². The highest BCUT2D eigenvalue weighted by Gasteiger charge is 2.43. The minimum Gasteiger partial charge on any atom is -0.327 e. The molecule has 0 aromatic heterocycles. The van der Waals surface area contributed by atoms with Crippen LogP contribution >= 0.6 is 0 Å².